The van der Waals surface area contributed by atoms with Gasteiger partial charge < -0.3 is 4.74 Å². The predicted molar refractivity (Wildman–Crippen MR) is 183 cm³/mol. The van der Waals surface area contributed by atoms with Gasteiger partial charge in [-0.25, -0.2) is 15.0 Å². The van der Waals surface area contributed by atoms with E-state index >= 15 is 0 Å². The average molecular weight is 578 g/mol. The van der Waals surface area contributed by atoms with Crippen LogP contribution >= 0.6 is 0 Å². The Balaban J connectivity index is 1.19. The maximum Gasteiger partial charge on any atom is 0.164 e. The highest BCUT2D eigenvalue weighted by atomic mass is 16.5. The van der Waals surface area contributed by atoms with E-state index in [0.29, 0.717) is 17.5 Å². The zero-order chi connectivity index (χ0) is 29.7. The van der Waals surface area contributed by atoms with Gasteiger partial charge in [0.15, 0.2) is 17.5 Å². The fourth-order valence-corrected chi connectivity index (χ4v) is 6.57. The van der Waals surface area contributed by atoms with Crippen LogP contribution in [0.25, 0.3) is 72.4 Å². The Morgan fingerprint density at radius 1 is 0.533 bits per heavy atom. The van der Waals surface area contributed by atoms with Gasteiger partial charge in [0.25, 0.3) is 0 Å². The van der Waals surface area contributed by atoms with E-state index in [-0.39, 0.29) is 6.10 Å². The van der Waals surface area contributed by atoms with Crippen LogP contribution in [0.4, 0.5) is 0 Å². The summed E-state index contributed by atoms with van der Waals surface area (Å²) in [6, 6.07) is 44.3. The lowest BCUT2D eigenvalue weighted by Gasteiger charge is -2.13. The Morgan fingerprint density at radius 3 is 2.00 bits per heavy atom. The van der Waals surface area contributed by atoms with E-state index in [0.717, 1.165) is 45.2 Å². The van der Waals surface area contributed by atoms with E-state index in [4.69, 9.17) is 19.7 Å². The molecule has 1 aromatic heterocycles. The molecule has 0 saturated heterocycles. The fraction of sp³-hybridized carbons (Fsp3) is 0.0488. The van der Waals surface area contributed by atoms with Crippen LogP contribution in [0.1, 0.15) is 12.0 Å². The molecule has 0 radical (unpaired) electrons. The summed E-state index contributed by atoms with van der Waals surface area (Å²) < 4.78 is 6.50. The molecular weight excluding hydrogens is 550 g/mol. The van der Waals surface area contributed by atoms with Crippen molar-refractivity contribution in [2.24, 2.45) is 0 Å². The van der Waals surface area contributed by atoms with E-state index in [1.807, 2.05) is 30.3 Å². The summed E-state index contributed by atoms with van der Waals surface area (Å²) in [5.74, 6) is 2.78. The number of allylic oxidation sites excluding steroid dienone is 2. The first-order valence-corrected chi connectivity index (χ1v) is 15.3. The first-order chi connectivity index (χ1) is 22.3. The Morgan fingerprint density at radius 2 is 1.18 bits per heavy atom. The first kappa shape index (κ1) is 25.6. The molecule has 7 aromatic rings. The minimum absolute atomic E-state index is 0.0403. The van der Waals surface area contributed by atoms with Crippen LogP contribution in [0.15, 0.2) is 146 Å². The largest absolute Gasteiger partial charge is 0.485 e. The summed E-state index contributed by atoms with van der Waals surface area (Å²) in [4.78, 5) is 15.1. The molecule has 2 heterocycles. The zero-order valence-corrected chi connectivity index (χ0v) is 24.4. The highest BCUT2D eigenvalue weighted by Crippen LogP contribution is 2.47. The van der Waals surface area contributed by atoms with Gasteiger partial charge in [0, 0.05) is 34.2 Å². The third kappa shape index (κ3) is 4.42. The van der Waals surface area contributed by atoms with E-state index < -0.39 is 0 Å². The fourth-order valence-electron chi connectivity index (χ4n) is 6.57. The second-order valence-electron chi connectivity index (χ2n) is 11.5. The summed E-state index contributed by atoms with van der Waals surface area (Å²) in [5.41, 5.74) is 7.55. The molecule has 1 atom stereocenters. The molecule has 212 valence electrons. The molecule has 0 fully saturated rings. The number of nitrogens with zero attached hydrogens (tertiary/aromatic N) is 3. The predicted octanol–water partition coefficient (Wildman–Crippen LogP) is 9.95. The third-order valence-corrected chi connectivity index (χ3v) is 8.81. The number of hydrogen-bond donors (Lipinski definition) is 0. The first-order valence-electron chi connectivity index (χ1n) is 15.3. The molecule has 1 aliphatic heterocycles. The molecule has 1 aliphatic carbocycles. The highest BCUT2D eigenvalue weighted by molar-refractivity contribution is 6.06. The Labute approximate surface area is 261 Å². The van der Waals surface area contributed by atoms with E-state index in [9.17, 15) is 0 Å². The maximum absolute atomic E-state index is 6.50. The van der Waals surface area contributed by atoms with Crippen molar-refractivity contribution in [2.75, 3.05) is 0 Å². The second kappa shape index (κ2) is 10.4. The molecule has 2 aliphatic rings. The standard InChI is InChI=1S/C41H27N3O/c1-2-11-28(12-3-1)39-42-40(29-21-18-27(19-22-29)31-23-20-26-10-4-5-13-30(26)24-31)44-41(43-39)35-25-37-38(33-15-7-6-14-32(33)35)34-16-8-9-17-36(34)45-37/h1-16,18-25,36H,17H2. The number of aromatic nitrogens is 3. The van der Waals surface area contributed by atoms with Crippen molar-refractivity contribution in [1.82, 2.24) is 15.0 Å². The van der Waals surface area contributed by atoms with Crippen molar-refractivity contribution in [1.29, 1.82) is 0 Å². The van der Waals surface area contributed by atoms with Gasteiger partial charge in [0.1, 0.15) is 11.9 Å². The minimum atomic E-state index is 0.0403. The van der Waals surface area contributed by atoms with E-state index in [1.54, 1.807) is 0 Å². The quantitative estimate of drug-likeness (QED) is 0.209. The lowest BCUT2D eigenvalue weighted by atomic mass is 9.91. The van der Waals surface area contributed by atoms with Crippen molar-refractivity contribution in [2.45, 2.75) is 12.5 Å². The van der Waals surface area contributed by atoms with Gasteiger partial charge in [-0.3, -0.25) is 0 Å². The molecule has 4 nitrogen and oxygen atoms in total. The van der Waals surface area contributed by atoms with Crippen LogP contribution < -0.4 is 4.74 Å². The number of rotatable bonds is 4. The Hall–Kier alpha value is -5.87. The minimum Gasteiger partial charge on any atom is -0.485 e. The molecule has 4 heteroatoms. The van der Waals surface area contributed by atoms with Crippen LogP contribution in [0.5, 0.6) is 5.75 Å². The topological polar surface area (TPSA) is 47.9 Å². The van der Waals surface area contributed by atoms with Gasteiger partial charge in [-0.2, -0.15) is 0 Å². The molecular formula is C41H27N3O. The maximum atomic E-state index is 6.50. The van der Waals surface area contributed by atoms with E-state index in [2.05, 4.69) is 115 Å². The normalized spacial score (nSPS) is 15.0. The van der Waals surface area contributed by atoms with Gasteiger partial charge >= 0.3 is 0 Å². The number of hydrogen-bond acceptors (Lipinski definition) is 4. The average Bonchev–Trinajstić information content (AvgIpc) is 3.50. The van der Waals surface area contributed by atoms with Crippen molar-refractivity contribution >= 4 is 27.1 Å². The summed E-state index contributed by atoms with van der Waals surface area (Å²) >= 11 is 0. The highest BCUT2D eigenvalue weighted by Gasteiger charge is 2.32. The number of fused-ring (bicyclic) bond motifs is 6. The monoisotopic (exact) mass is 577 g/mol. The lowest BCUT2D eigenvalue weighted by molar-refractivity contribution is 0.279. The molecule has 9 rings (SSSR count). The van der Waals surface area contributed by atoms with Crippen molar-refractivity contribution in [3.05, 3.63) is 151 Å². The van der Waals surface area contributed by atoms with Crippen molar-refractivity contribution in [3.8, 4) is 51.0 Å². The van der Waals surface area contributed by atoms with Crippen LogP contribution in [0, 0.1) is 0 Å². The Kier molecular flexibility index (Phi) is 5.91. The number of ether oxygens (including phenoxy) is 1. The van der Waals surface area contributed by atoms with Gasteiger partial charge in [0.05, 0.1) is 0 Å². The van der Waals surface area contributed by atoms with Gasteiger partial charge in [-0.05, 0) is 44.8 Å². The van der Waals surface area contributed by atoms with Crippen molar-refractivity contribution < 1.29 is 4.74 Å². The van der Waals surface area contributed by atoms with E-state index in [1.165, 1.54) is 27.5 Å². The zero-order valence-electron chi connectivity index (χ0n) is 24.4. The van der Waals surface area contributed by atoms with Crippen LogP contribution in [0.2, 0.25) is 0 Å². The van der Waals surface area contributed by atoms with Gasteiger partial charge in [-0.1, -0.05) is 133 Å². The van der Waals surface area contributed by atoms with Gasteiger partial charge in [-0.15, -0.1) is 0 Å². The summed E-state index contributed by atoms with van der Waals surface area (Å²) in [5, 5.41) is 4.71. The van der Waals surface area contributed by atoms with Crippen LogP contribution in [-0.4, -0.2) is 21.1 Å². The Bertz CT molecular complexity index is 2320. The van der Waals surface area contributed by atoms with Crippen LogP contribution in [0.3, 0.4) is 0 Å². The molecule has 0 amide bonds. The second-order valence-corrected chi connectivity index (χ2v) is 11.5. The molecule has 0 spiro atoms. The summed E-state index contributed by atoms with van der Waals surface area (Å²) in [6.45, 7) is 0. The summed E-state index contributed by atoms with van der Waals surface area (Å²) in [6.07, 6.45) is 7.38. The SMILES string of the molecule is C1=CCC2Oc3cc(-c4nc(-c5ccccc5)nc(-c5ccc(-c6ccc7ccccc7c6)cc5)n4)c4ccccc4c3C2=C1. The smallest absolute Gasteiger partial charge is 0.164 e. The molecule has 1 unspecified atom stereocenters. The molecule has 0 saturated carbocycles. The van der Waals surface area contributed by atoms with Crippen LogP contribution in [-0.2, 0) is 0 Å². The summed E-state index contributed by atoms with van der Waals surface area (Å²) in [7, 11) is 0. The molecule has 0 bridgehead atoms. The lowest BCUT2D eigenvalue weighted by Crippen LogP contribution is -2.12. The number of benzene rings is 6. The molecule has 6 aromatic carbocycles. The van der Waals surface area contributed by atoms with Crippen molar-refractivity contribution in [3.63, 3.8) is 0 Å². The molecule has 0 N–H and O–H groups in total. The third-order valence-electron chi connectivity index (χ3n) is 8.81. The molecule has 45 heavy (non-hydrogen) atoms. The van der Waals surface area contributed by atoms with Gasteiger partial charge in [0.2, 0.25) is 0 Å².